The van der Waals surface area contributed by atoms with Crippen molar-refractivity contribution in [1.82, 2.24) is 0 Å². The molecule has 23 heavy (non-hydrogen) atoms. The fourth-order valence-electron chi connectivity index (χ4n) is 2.34. The molecule has 0 bridgehead atoms. The number of aliphatic hydroxyl groups excluding tert-OH is 6. The summed E-state index contributed by atoms with van der Waals surface area (Å²) >= 11 is 0. The van der Waals surface area contributed by atoms with Gasteiger partial charge in [-0.05, 0) is 0 Å². The topological polar surface area (TPSA) is 183 Å². The third-order valence-corrected chi connectivity index (χ3v) is 3.69. The zero-order valence-corrected chi connectivity index (χ0v) is 11.8. The van der Waals surface area contributed by atoms with Gasteiger partial charge < -0.3 is 44.8 Å². The van der Waals surface area contributed by atoms with Crippen LogP contribution in [0.15, 0.2) is 0 Å². The van der Waals surface area contributed by atoms with Crippen LogP contribution in [0.1, 0.15) is 0 Å². The first-order valence-electron chi connectivity index (χ1n) is 6.81. The van der Waals surface area contributed by atoms with Crippen molar-refractivity contribution in [2.24, 2.45) is 0 Å². The van der Waals surface area contributed by atoms with Crippen LogP contribution < -0.4 is 0 Å². The van der Waals surface area contributed by atoms with Crippen molar-refractivity contribution in [2.45, 2.75) is 49.0 Å². The highest BCUT2D eigenvalue weighted by Gasteiger charge is 2.50. The molecule has 0 saturated carbocycles. The van der Waals surface area contributed by atoms with Gasteiger partial charge in [0.15, 0.2) is 12.4 Å². The lowest BCUT2D eigenvalue weighted by atomic mass is 9.99. The summed E-state index contributed by atoms with van der Waals surface area (Å²) in [6, 6.07) is 0. The quantitative estimate of drug-likeness (QED) is 0.208. The Morgan fingerprint density at radius 3 is 2.17 bits per heavy atom. The minimum absolute atomic E-state index is 0.690. The number of rotatable bonds is 5. The van der Waals surface area contributed by atoms with E-state index in [1.807, 2.05) is 0 Å². The zero-order valence-electron chi connectivity index (χ0n) is 11.8. The predicted octanol–water partition coefficient (Wildman–Crippen LogP) is -4.98. The van der Waals surface area contributed by atoms with Crippen LogP contribution in [0.2, 0.25) is 0 Å². The number of aliphatic hydroxyl groups is 6. The molecule has 2 saturated heterocycles. The zero-order chi connectivity index (χ0) is 17.3. The van der Waals surface area contributed by atoms with E-state index in [1.54, 1.807) is 0 Å². The summed E-state index contributed by atoms with van der Waals surface area (Å²) in [6.07, 6.45) is -13.0. The molecular formula is C12H18O11. The molecule has 0 aliphatic carbocycles. The van der Waals surface area contributed by atoms with Crippen LogP contribution in [0, 0.1) is 0 Å². The standard InChI is InChI=1S/C12H18O11/c13-1-3-5(15)6(16)9(19)12(21-3)22-4(2-14)10-7(17)8(18)11(20)23-10/h3-6,8-10,12-16,18-19H,1-2H2/t3-,4+,5-,6+,8?,9-,10-,12-/m1/s1. The van der Waals surface area contributed by atoms with E-state index < -0.39 is 74.0 Å². The molecule has 11 nitrogen and oxygen atoms in total. The number of carbonyl (C=O) groups excluding carboxylic acids is 2. The van der Waals surface area contributed by atoms with Crippen LogP contribution in [-0.2, 0) is 23.8 Å². The van der Waals surface area contributed by atoms with Crippen LogP contribution in [0.5, 0.6) is 0 Å². The van der Waals surface area contributed by atoms with Gasteiger partial charge in [0.1, 0.15) is 30.5 Å². The van der Waals surface area contributed by atoms with E-state index in [4.69, 9.17) is 14.6 Å². The first kappa shape index (κ1) is 18.2. The molecule has 0 aromatic heterocycles. The van der Waals surface area contributed by atoms with Crippen molar-refractivity contribution in [1.29, 1.82) is 0 Å². The molecule has 132 valence electrons. The van der Waals surface area contributed by atoms with Gasteiger partial charge in [-0.15, -0.1) is 0 Å². The number of Topliss-reactive ketones (excluding diaryl/α,β-unsaturated/α-hetero) is 1. The van der Waals surface area contributed by atoms with Crippen LogP contribution >= 0.6 is 0 Å². The number of ketones is 1. The van der Waals surface area contributed by atoms with Crippen molar-refractivity contribution < 1.29 is 54.4 Å². The summed E-state index contributed by atoms with van der Waals surface area (Å²) in [4.78, 5) is 22.8. The number of hydrogen-bond acceptors (Lipinski definition) is 11. The van der Waals surface area contributed by atoms with Gasteiger partial charge in [0.2, 0.25) is 11.9 Å². The molecule has 6 N–H and O–H groups in total. The van der Waals surface area contributed by atoms with E-state index >= 15 is 0 Å². The second-order valence-corrected chi connectivity index (χ2v) is 5.22. The Morgan fingerprint density at radius 2 is 1.70 bits per heavy atom. The molecule has 2 aliphatic rings. The van der Waals surface area contributed by atoms with Gasteiger partial charge in [-0.25, -0.2) is 4.79 Å². The number of cyclic esters (lactones) is 1. The number of ether oxygens (including phenoxy) is 3. The SMILES string of the molecule is O=C1O[C@H]([C@H](CO)O[C@H]2O[C@H](CO)[C@@H](O)[C@H](O)[C@H]2O)C(=O)C1O. The minimum atomic E-state index is -1.99. The first-order valence-corrected chi connectivity index (χ1v) is 6.81. The van der Waals surface area contributed by atoms with Crippen molar-refractivity contribution in [3.05, 3.63) is 0 Å². The van der Waals surface area contributed by atoms with E-state index in [0.717, 1.165) is 0 Å². The Morgan fingerprint density at radius 1 is 1.04 bits per heavy atom. The molecule has 2 fully saturated rings. The Balaban J connectivity index is 2.09. The van der Waals surface area contributed by atoms with Gasteiger partial charge in [-0.2, -0.15) is 0 Å². The van der Waals surface area contributed by atoms with Crippen molar-refractivity contribution in [3.63, 3.8) is 0 Å². The van der Waals surface area contributed by atoms with E-state index in [-0.39, 0.29) is 0 Å². The predicted molar refractivity (Wildman–Crippen MR) is 66.6 cm³/mol. The fourth-order valence-corrected chi connectivity index (χ4v) is 2.34. The van der Waals surface area contributed by atoms with Gasteiger partial charge in [0.05, 0.1) is 13.2 Å². The largest absolute Gasteiger partial charge is 0.449 e. The van der Waals surface area contributed by atoms with E-state index in [2.05, 4.69) is 4.74 Å². The first-order chi connectivity index (χ1) is 10.8. The maximum Gasteiger partial charge on any atom is 0.343 e. The Hall–Kier alpha value is -1.18. The lowest BCUT2D eigenvalue weighted by Gasteiger charge is -2.40. The molecule has 0 amide bonds. The molecule has 2 rings (SSSR count). The highest BCUT2D eigenvalue weighted by Crippen LogP contribution is 2.25. The monoisotopic (exact) mass is 338 g/mol. The summed E-state index contributed by atoms with van der Waals surface area (Å²) in [5, 5.41) is 56.7. The molecule has 1 unspecified atom stereocenters. The Labute approximate surface area is 129 Å². The van der Waals surface area contributed by atoms with Crippen LogP contribution in [-0.4, -0.2) is 105 Å². The smallest absolute Gasteiger partial charge is 0.343 e. The average molecular weight is 338 g/mol. The summed E-state index contributed by atoms with van der Waals surface area (Å²) in [5.74, 6) is -2.23. The molecule has 11 heteroatoms. The maximum atomic E-state index is 11.7. The van der Waals surface area contributed by atoms with Crippen LogP contribution in [0.4, 0.5) is 0 Å². The van der Waals surface area contributed by atoms with Gasteiger partial charge in [0.25, 0.3) is 0 Å². The number of hydrogen-bond donors (Lipinski definition) is 6. The van der Waals surface area contributed by atoms with E-state index in [9.17, 15) is 35.1 Å². The average Bonchev–Trinajstić information content (AvgIpc) is 2.79. The minimum Gasteiger partial charge on any atom is -0.449 e. The van der Waals surface area contributed by atoms with Crippen molar-refractivity contribution in [3.8, 4) is 0 Å². The van der Waals surface area contributed by atoms with E-state index in [0.29, 0.717) is 0 Å². The molecule has 8 atom stereocenters. The molecule has 0 aromatic rings. The second kappa shape index (κ2) is 7.15. The van der Waals surface area contributed by atoms with Gasteiger partial charge in [0, 0.05) is 0 Å². The lowest BCUT2D eigenvalue weighted by Crippen LogP contribution is -2.60. The molecule has 0 aromatic carbocycles. The summed E-state index contributed by atoms with van der Waals surface area (Å²) in [7, 11) is 0. The van der Waals surface area contributed by atoms with Crippen LogP contribution in [0.3, 0.4) is 0 Å². The summed E-state index contributed by atoms with van der Waals surface area (Å²) in [6.45, 7) is -1.52. The normalized spacial score (nSPS) is 42.6. The highest BCUT2D eigenvalue weighted by atomic mass is 16.7. The van der Waals surface area contributed by atoms with Gasteiger partial charge in [-0.3, -0.25) is 4.79 Å². The summed E-state index contributed by atoms with van der Waals surface area (Å²) < 4.78 is 14.8. The summed E-state index contributed by atoms with van der Waals surface area (Å²) in [5.41, 5.74) is 0. The highest BCUT2D eigenvalue weighted by molar-refractivity contribution is 6.09. The molecule has 2 aliphatic heterocycles. The van der Waals surface area contributed by atoms with Gasteiger partial charge >= 0.3 is 5.97 Å². The maximum absolute atomic E-state index is 11.7. The number of esters is 1. The lowest BCUT2D eigenvalue weighted by molar-refractivity contribution is -0.317. The Kier molecular flexibility index (Phi) is 5.65. The molecule has 0 spiro atoms. The third-order valence-electron chi connectivity index (χ3n) is 3.69. The molecule has 2 heterocycles. The third kappa shape index (κ3) is 3.36. The van der Waals surface area contributed by atoms with E-state index in [1.165, 1.54) is 0 Å². The molecule has 0 radical (unpaired) electrons. The van der Waals surface area contributed by atoms with Gasteiger partial charge in [-0.1, -0.05) is 0 Å². The van der Waals surface area contributed by atoms with Crippen LogP contribution in [0.25, 0.3) is 0 Å². The second-order valence-electron chi connectivity index (χ2n) is 5.22. The van der Waals surface area contributed by atoms with Crippen molar-refractivity contribution in [2.75, 3.05) is 13.2 Å². The Bertz CT molecular complexity index is 452. The fraction of sp³-hybridized carbons (Fsp3) is 0.833. The number of carbonyl (C=O) groups is 2. The molecular weight excluding hydrogens is 320 g/mol. The van der Waals surface area contributed by atoms with Crippen molar-refractivity contribution >= 4 is 11.8 Å².